The number of carbonyl (C=O) groups is 1. The largest absolute Gasteiger partial charge is 0.481 e. The van der Waals surface area contributed by atoms with Crippen LogP contribution >= 0.6 is 0 Å². The summed E-state index contributed by atoms with van der Waals surface area (Å²) in [5.74, 6) is -0.824. The molecule has 1 rings (SSSR count). The van der Waals surface area contributed by atoms with Crippen LogP contribution in [0.25, 0.3) is 0 Å². The smallest absolute Gasteiger partial charge is 0.304 e. The number of piperidine rings is 1. The van der Waals surface area contributed by atoms with Gasteiger partial charge in [-0.2, -0.15) is 4.31 Å². The molecule has 19 heavy (non-hydrogen) atoms. The third-order valence-electron chi connectivity index (χ3n) is 3.45. The van der Waals surface area contributed by atoms with Gasteiger partial charge in [0.25, 0.3) is 0 Å². The quantitative estimate of drug-likeness (QED) is 0.841. The lowest BCUT2D eigenvalue weighted by molar-refractivity contribution is -0.138. The van der Waals surface area contributed by atoms with Crippen molar-refractivity contribution in [3.05, 3.63) is 0 Å². The van der Waals surface area contributed by atoms with Crippen LogP contribution in [0.4, 0.5) is 0 Å². The summed E-state index contributed by atoms with van der Waals surface area (Å²) in [5.41, 5.74) is -0.0366. The van der Waals surface area contributed by atoms with E-state index < -0.39 is 16.0 Å². The predicted octanol–water partition coefficient (Wildman–Crippen LogP) is 2.08. The SMILES string of the molecule is CC(C)(C)CCS(=O)(=O)N1CCCCC1CC(=O)O. The topological polar surface area (TPSA) is 74.7 Å². The van der Waals surface area contributed by atoms with Crippen LogP contribution < -0.4 is 0 Å². The molecule has 0 bridgehead atoms. The number of nitrogens with zero attached hydrogens (tertiary/aromatic N) is 1. The fourth-order valence-electron chi connectivity index (χ4n) is 2.30. The molecule has 0 spiro atoms. The number of hydrogen-bond donors (Lipinski definition) is 1. The van der Waals surface area contributed by atoms with Gasteiger partial charge in [0.05, 0.1) is 12.2 Å². The zero-order chi connectivity index (χ0) is 14.7. The number of rotatable bonds is 5. The summed E-state index contributed by atoms with van der Waals surface area (Å²) in [7, 11) is -3.34. The molecule has 1 unspecified atom stereocenters. The molecular weight excluding hydrogens is 266 g/mol. The highest BCUT2D eigenvalue weighted by molar-refractivity contribution is 7.89. The highest BCUT2D eigenvalue weighted by Crippen LogP contribution is 2.26. The van der Waals surface area contributed by atoms with E-state index in [4.69, 9.17) is 5.11 Å². The molecule has 0 saturated carbocycles. The van der Waals surface area contributed by atoms with E-state index in [1.165, 1.54) is 4.31 Å². The Balaban J connectivity index is 2.75. The van der Waals surface area contributed by atoms with E-state index in [2.05, 4.69) is 0 Å². The Morgan fingerprint density at radius 2 is 1.95 bits per heavy atom. The van der Waals surface area contributed by atoms with Crippen LogP contribution in [0.5, 0.6) is 0 Å². The van der Waals surface area contributed by atoms with E-state index in [1.807, 2.05) is 20.8 Å². The third-order valence-corrected chi connectivity index (χ3v) is 5.37. The molecule has 0 aliphatic carbocycles. The molecule has 5 nitrogen and oxygen atoms in total. The predicted molar refractivity (Wildman–Crippen MR) is 74.5 cm³/mol. The molecule has 1 aliphatic heterocycles. The van der Waals surface area contributed by atoms with Gasteiger partial charge in [0.1, 0.15) is 0 Å². The second-order valence-electron chi connectivity index (χ2n) is 6.48. The van der Waals surface area contributed by atoms with Crippen molar-refractivity contribution in [1.82, 2.24) is 4.31 Å². The van der Waals surface area contributed by atoms with Gasteiger partial charge in [-0.25, -0.2) is 8.42 Å². The molecule has 0 amide bonds. The number of carboxylic acid groups (broad SMARTS) is 1. The second kappa shape index (κ2) is 6.22. The molecule has 0 aromatic rings. The van der Waals surface area contributed by atoms with Gasteiger partial charge in [0.15, 0.2) is 0 Å². The molecule has 1 atom stereocenters. The number of aliphatic carboxylic acids is 1. The van der Waals surface area contributed by atoms with E-state index in [0.29, 0.717) is 19.4 Å². The summed E-state index contributed by atoms with van der Waals surface area (Å²) in [6.07, 6.45) is 2.88. The molecule has 0 radical (unpaired) electrons. The van der Waals surface area contributed by atoms with E-state index in [9.17, 15) is 13.2 Å². The molecular formula is C13H25NO4S. The van der Waals surface area contributed by atoms with Gasteiger partial charge in [-0.3, -0.25) is 4.79 Å². The minimum absolute atomic E-state index is 0.0366. The van der Waals surface area contributed by atoms with Crippen LogP contribution in [-0.4, -0.2) is 42.1 Å². The first-order valence-corrected chi connectivity index (χ1v) is 8.44. The highest BCUT2D eigenvalue weighted by atomic mass is 32.2. The molecule has 0 aromatic heterocycles. The molecule has 1 aliphatic rings. The lowest BCUT2D eigenvalue weighted by Crippen LogP contribution is -2.46. The Kier molecular flexibility index (Phi) is 5.38. The van der Waals surface area contributed by atoms with Crippen LogP contribution in [-0.2, 0) is 14.8 Å². The van der Waals surface area contributed by atoms with Gasteiger partial charge in [-0.05, 0) is 24.7 Å². The molecule has 1 heterocycles. The van der Waals surface area contributed by atoms with Crippen molar-refractivity contribution in [2.24, 2.45) is 5.41 Å². The lowest BCUT2D eigenvalue weighted by Gasteiger charge is -2.34. The number of carboxylic acids is 1. The van der Waals surface area contributed by atoms with E-state index in [1.54, 1.807) is 0 Å². The first-order valence-electron chi connectivity index (χ1n) is 6.83. The Bertz CT molecular complexity index is 411. The van der Waals surface area contributed by atoms with Crippen molar-refractivity contribution in [3.8, 4) is 0 Å². The number of sulfonamides is 1. The Labute approximate surface area is 116 Å². The first kappa shape index (κ1) is 16.4. The highest BCUT2D eigenvalue weighted by Gasteiger charge is 2.33. The number of hydrogen-bond acceptors (Lipinski definition) is 3. The minimum atomic E-state index is -3.34. The van der Waals surface area contributed by atoms with Crippen LogP contribution in [0.15, 0.2) is 0 Å². The molecule has 6 heteroatoms. The van der Waals surface area contributed by atoms with Crippen molar-refractivity contribution < 1.29 is 18.3 Å². The standard InChI is InChI=1S/C13H25NO4S/c1-13(2,3)7-9-19(17,18)14-8-5-4-6-11(14)10-12(15)16/h11H,4-10H2,1-3H3,(H,15,16). The van der Waals surface area contributed by atoms with Crippen molar-refractivity contribution in [1.29, 1.82) is 0 Å². The molecule has 1 N–H and O–H groups in total. The maximum Gasteiger partial charge on any atom is 0.304 e. The van der Waals surface area contributed by atoms with Gasteiger partial charge in [0.2, 0.25) is 10.0 Å². The molecule has 0 aromatic carbocycles. The van der Waals surface area contributed by atoms with Gasteiger partial charge in [0, 0.05) is 12.6 Å². The van der Waals surface area contributed by atoms with Gasteiger partial charge < -0.3 is 5.11 Å². The van der Waals surface area contributed by atoms with Gasteiger partial charge in [-0.15, -0.1) is 0 Å². The van der Waals surface area contributed by atoms with Crippen LogP contribution in [0.2, 0.25) is 0 Å². The second-order valence-corrected chi connectivity index (χ2v) is 8.53. The van der Waals surface area contributed by atoms with Crippen LogP contribution in [0, 0.1) is 5.41 Å². The maximum atomic E-state index is 12.4. The van der Waals surface area contributed by atoms with Gasteiger partial charge >= 0.3 is 5.97 Å². The fourth-order valence-corrected chi connectivity index (χ4v) is 4.44. The maximum absolute atomic E-state index is 12.4. The average Bonchev–Trinajstić information content (AvgIpc) is 2.25. The normalized spacial score (nSPS) is 22.4. The van der Waals surface area contributed by atoms with Crippen molar-refractivity contribution in [2.75, 3.05) is 12.3 Å². The Morgan fingerprint density at radius 1 is 1.32 bits per heavy atom. The van der Waals surface area contributed by atoms with E-state index in [-0.39, 0.29) is 23.6 Å². The summed E-state index contributed by atoms with van der Waals surface area (Å²) in [6.45, 7) is 6.48. The van der Waals surface area contributed by atoms with Crippen molar-refractivity contribution in [2.45, 2.75) is 58.9 Å². The zero-order valence-electron chi connectivity index (χ0n) is 12.1. The zero-order valence-corrected chi connectivity index (χ0v) is 12.9. The van der Waals surface area contributed by atoms with Crippen molar-refractivity contribution >= 4 is 16.0 Å². The summed E-state index contributed by atoms with van der Waals surface area (Å²) in [4.78, 5) is 10.8. The van der Waals surface area contributed by atoms with Crippen LogP contribution in [0.1, 0.15) is 52.9 Å². The first-order chi connectivity index (χ1) is 8.62. The lowest BCUT2D eigenvalue weighted by atomic mass is 9.94. The Hall–Kier alpha value is -0.620. The molecule has 112 valence electrons. The van der Waals surface area contributed by atoms with Gasteiger partial charge in [-0.1, -0.05) is 27.2 Å². The molecule has 1 fully saturated rings. The van der Waals surface area contributed by atoms with Crippen molar-refractivity contribution in [3.63, 3.8) is 0 Å². The monoisotopic (exact) mass is 291 g/mol. The van der Waals surface area contributed by atoms with E-state index in [0.717, 1.165) is 12.8 Å². The summed E-state index contributed by atoms with van der Waals surface area (Å²) >= 11 is 0. The van der Waals surface area contributed by atoms with Crippen LogP contribution in [0.3, 0.4) is 0 Å². The fraction of sp³-hybridized carbons (Fsp3) is 0.923. The minimum Gasteiger partial charge on any atom is -0.481 e. The summed E-state index contributed by atoms with van der Waals surface area (Å²) < 4.78 is 26.1. The average molecular weight is 291 g/mol. The molecule has 1 saturated heterocycles. The summed E-state index contributed by atoms with van der Waals surface area (Å²) in [6, 6.07) is -0.365. The summed E-state index contributed by atoms with van der Waals surface area (Å²) in [5, 5.41) is 8.89. The van der Waals surface area contributed by atoms with E-state index >= 15 is 0 Å². The third kappa shape index (κ3) is 5.48. The Morgan fingerprint density at radius 3 is 2.47 bits per heavy atom.